The average molecular weight is 475 g/mol. The van der Waals surface area contributed by atoms with Crippen LogP contribution in [0.3, 0.4) is 0 Å². The van der Waals surface area contributed by atoms with Gasteiger partial charge in [0.05, 0.1) is 0 Å². The molecule has 4 atom stereocenters. The van der Waals surface area contributed by atoms with E-state index in [1.54, 1.807) is 6.07 Å². The lowest BCUT2D eigenvalue weighted by molar-refractivity contribution is -0.134. The predicted molar refractivity (Wildman–Crippen MR) is 121 cm³/mol. The molecule has 2 aromatic rings. The summed E-state index contributed by atoms with van der Waals surface area (Å²) in [5.74, 6) is 0.563. The lowest BCUT2D eigenvalue weighted by Gasteiger charge is -2.26. The van der Waals surface area contributed by atoms with Crippen LogP contribution in [0.25, 0.3) is 0 Å². The molecule has 4 rings (SSSR count). The molecular formula is C23H30N4O7. The molecule has 1 aromatic carbocycles. The second kappa shape index (κ2) is 11.0. The summed E-state index contributed by atoms with van der Waals surface area (Å²) < 4.78 is 12.5. The highest BCUT2D eigenvalue weighted by Gasteiger charge is 2.43. The maximum atomic E-state index is 12.4. The zero-order valence-electron chi connectivity index (χ0n) is 18.8. The first kappa shape index (κ1) is 24.1. The fourth-order valence-corrected chi connectivity index (χ4v) is 4.27. The van der Waals surface area contributed by atoms with Crippen LogP contribution in [-0.4, -0.2) is 75.1 Å². The second-order valence-electron chi connectivity index (χ2n) is 8.53. The molecule has 0 bridgehead atoms. The molecule has 34 heavy (non-hydrogen) atoms. The van der Waals surface area contributed by atoms with Gasteiger partial charge in [0.25, 0.3) is 11.5 Å². The van der Waals surface area contributed by atoms with Crippen molar-refractivity contribution >= 4 is 5.91 Å². The molecule has 4 N–H and O–H groups in total. The van der Waals surface area contributed by atoms with Crippen LogP contribution in [0.2, 0.25) is 0 Å². The van der Waals surface area contributed by atoms with Gasteiger partial charge in [0, 0.05) is 44.0 Å². The van der Waals surface area contributed by atoms with Crippen molar-refractivity contribution in [2.45, 2.75) is 50.3 Å². The van der Waals surface area contributed by atoms with E-state index < -0.39 is 35.8 Å². The lowest BCUT2D eigenvalue weighted by Crippen LogP contribution is -2.39. The molecule has 184 valence electrons. The highest BCUT2D eigenvalue weighted by Crippen LogP contribution is 2.28. The topological polar surface area (TPSA) is 146 Å². The van der Waals surface area contributed by atoms with Crippen LogP contribution in [0.1, 0.15) is 31.1 Å². The number of hydrogen-bond acceptors (Lipinski definition) is 8. The van der Waals surface area contributed by atoms with Crippen LogP contribution >= 0.6 is 0 Å². The number of piperidine rings is 1. The monoisotopic (exact) mass is 474 g/mol. The Hall–Kier alpha value is -2.99. The van der Waals surface area contributed by atoms with Crippen LogP contribution < -0.4 is 21.3 Å². The Morgan fingerprint density at radius 3 is 2.65 bits per heavy atom. The van der Waals surface area contributed by atoms with Gasteiger partial charge in [0.1, 0.15) is 24.1 Å². The second-order valence-corrected chi connectivity index (χ2v) is 8.53. The summed E-state index contributed by atoms with van der Waals surface area (Å²) in [6.07, 6.45) is -0.0672. The Morgan fingerprint density at radius 2 is 1.88 bits per heavy atom. The van der Waals surface area contributed by atoms with Crippen molar-refractivity contribution in [3.05, 3.63) is 62.9 Å². The number of aliphatic hydroxyl groups excluding tert-OH is 2. The number of nitrogens with one attached hydrogen (secondary N) is 2. The van der Waals surface area contributed by atoms with Gasteiger partial charge in [-0.2, -0.15) is 0 Å². The van der Waals surface area contributed by atoms with Crippen molar-refractivity contribution < 1.29 is 24.5 Å². The number of ether oxygens (including phenoxy) is 2. The maximum Gasteiger partial charge on any atom is 0.330 e. The SMILES string of the molecule is O=C(COc1ccccc1CNC[C@H]1O[C@@H](n2ccc(=O)[nH]c2=O)[C@H](O)[C@@H]1O)N1CCCCC1. The average Bonchev–Trinajstić information content (AvgIpc) is 3.12. The first-order chi connectivity index (χ1) is 16.4. The number of likely N-dealkylation sites (tertiary alicyclic amines) is 1. The molecule has 2 saturated heterocycles. The molecule has 2 aliphatic rings. The third-order valence-electron chi connectivity index (χ3n) is 6.16. The third-order valence-corrected chi connectivity index (χ3v) is 6.16. The predicted octanol–water partition coefficient (Wildman–Crippen LogP) is -0.663. The van der Waals surface area contributed by atoms with E-state index in [0.29, 0.717) is 12.3 Å². The van der Waals surface area contributed by atoms with E-state index in [2.05, 4.69) is 10.3 Å². The molecule has 0 spiro atoms. The number of hydrogen-bond donors (Lipinski definition) is 4. The summed E-state index contributed by atoms with van der Waals surface area (Å²) in [7, 11) is 0. The Morgan fingerprint density at radius 1 is 1.12 bits per heavy atom. The minimum Gasteiger partial charge on any atom is -0.483 e. The van der Waals surface area contributed by atoms with E-state index in [-0.39, 0.29) is 19.1 Å². The number of benzene rings is 1. The number of aromatic nitrogens is 2. The molecule has 3 heterocycles. The molecule has 1 aromatic heterocycles. The summed E-state index contributed by atoms with van der Waals surface area (Å²) in [6, 6.07) is 8.50. The van der Waals surface area contributed by atoms with E-state index >= 15 is 0 Å². The van der Waals surface area contributed by atoms with Gasteiger partial charge in [0.15, 0.2) is 12.8 Å². The zero-order valence-corrected chi connectivity index (χ0v) is 18.8. The van der Waals surface area contributed by atoms with Gasteiger partial charge in [-0.3, -0.25) is 19.1 Å². The quantitative estimate of drug-likeness (QED) is 0.394. The van der Waals surface area contributed by atoms with E-state index in [0.717, 1.165) is 48.5 Å². The number of amides is 1. The van der Waals surface area contributed by atoms with Crippen LogP contribution in [-0.2, 0) is 16.1 Å². The lowest BCUT2D eigenvalue weighted by atomic mass is 10.1. The van der Waals surface area contributed by atoms with Crippen molar-refractivity contribution in [2.75, 3.05) is 26.2 Å². The van der Waals surface area contributed by atoms with Gasteiger partial charge < -0.3 is 29.9 Å². The summed E-state index contributed by atoms with van der Waals surface area (Å²) in [4.78, 5) is 39.6. The van der Waals surface area contributed by atoms with E-state index in [4.69, 9.17) is 9.47 Å². The molecule has 1 amide bonds. The molecule has 0 radical (unpaired) electrons. The Kier molecular flexibility index (Phi) is 7.78. The number of aliphatic hydroxyl groups is 2. The van der Waals surface area contributed by atoms with Gasteiger partial charge in [-0.15, -0.1) is 0 Å². The van der Waals surface area contributed by atoms with Gasteiger partial charge >= 0.3 is 5.69 Å². The fourth-order valence-electron chi connectivity index (χ4n) is 4.27. The summed E-state index contributed by atoms with van der Waals surface area (Å²) in [6.45, 7) is 2.08. The van der Waals surface area contributed by atoms with Gasteiger partial charge in [-0.05, 0) is 25.3 Å². The zero-order chi connectivity index (χ0) is 24.1. The summed E-state index contributed by atoms with van der Waals surface area (Å²) >= 11 is 0. The largest absolute Gasteiger partial charge is 0.483 e. The van der Waals surface area contributed by atoms with Gasteiger partial charge in [-0.1, -0.05) is 18.2 Å². The van der Waals surface area contributed by atoms with Crippen molar-refractivity contribution in [3.63, 3.8) is 0 Å². The van der Waals surface area contributed by atoms with Crippen LogP contribution in [0.4, 0.5) is 0 Å². The van der Waals surface area contributed by atoms with E-state index in [1.807, 2.05) is 23.1 Å². The number of para-hydroxylation sites is 1. The Bertz CT molecular complexity index is 1090. The molecule has 11 nitrogen and oxygen atoms in total. The first-order valence-electron chi connectivity index (χ1n) is 11.5. The summed E-state index contributed by atoms with van der Waals surface area (Å²) in [5.41, 5.74) is -0.469. The molecule has 0 unspecified atom stereocenters. The number of carbonyl (C=O) groups excluding carboxylic acids is 1. The summed E-state index contributed by atoms with van der Waals surface area (Å²) in [5, 5.41) is 23.9. The minimum absolute atomic E-state index is 0.0245. The highest BCUT2D eigenvalue weighted by molar-refractivity contribution is 5.77. The number of H-pyrrole nitrogens is 1. The van der Waals surface area contributed by atoms with Crippen LogP contribution in [0.5, 0.6) is 5.75 Å². The van der Waals surface area contributed by atoms with E-state index in [1.165, 1.54) is 6.20 Å². The first-order valence-corrected chi connectivity index (χ1v) is 11.5. The Labute approximate surface area is 195 Å². The molecule has 11 heteroatoms. The van der Waals surface area contributed by atoms with Crippen molar-refractivity contribution in [1.29, 1.82) is 0 Å². The van der Waals surface area contributed by atoms with Crippen LogP contribution in [0.15, 0.2) is 46.1 Å². The molecule has 0 saturated carbocycles. The van der Waals surface area contributed by atoms with Crippen molar-refractivity contribution in [1.82, 2.24) is 19.8 Å². The number of nitrogens with zero attached hydrogens (tertiary/aromatic N) is 2. The fraction of sp³-hybridized carbons (Fsp3) is 0.522. The molecule has 0 aliphatic carbocycles. The van der Waals surface area contributed by atoms with Crippen molar-refractivity contribution in [2.24, 2.45) is 0 Å². The number of carbonyl (C=O) groups is 1. The van der Waals surface area contributed by atoms with E-state index in [9.17, 15) is 24.6 Å². The minimum atomic E-state index is -1.34. The molecular weight excluding hydrogens is 444 g/mol. The Balaban J connectivity index is 1.31. The van der Waals surface area contributed by atoms with Crippen LogP contribution in [0, 0.1) is 0 Å². The standard InChI is InChI=1S/C23H30N4O7/c28-18-8-11-27(23(32)25-18)22-21(31)20(30)17(34-22)13-24-12-15-6-2-3-7-16(15)33-14-19(29)26-9-4-1-5-10-26/h2-3,6-8,11,17,20-22,24,30-31H,1,4-5,9-10,12-14H2,(H,25,28,32)/t17-,20-,21-,22-/m1/s1. The number of aromatic amines is 1. The third kappa shape index (κ3) is 5.55. The van der Waals surface area contributed by atoms with Crippen molar-refractivity contribution in [3.8, 4) is 5.75 Å². The smallest absolute Gasteiger partial charge is 0.330 e. The molecule has 2 aliphatic heterocycles. The highest BCUT2D eigenvalue weighted by atomic mass is 16.6. The maximum absolute atomic E-state index is 12.4. The van der Waals surface area contributed by atoms with Gasteiger partial charge in [-0.25, -0.2) is 4.79 Å². The normalized spacial score (nSPS) is 24.8. The molecule has 2 fully saturated rings. The number of rotatable bonds is 8. The van der Waals surface area contributed by atoms with Gasteiger partial charge in [0.2, 0.25) is 0 Å².